The predicted molar refractivity (Wildman–Crippen MR) is 80.5 cm³/mol. The molecule has 1 aromatic rings. The van der Waals surface area contributed by atoms with E-state index in [1.165, 1.54) is 24.3 Å². The Hall–Kier alpha value is -1.89. The highest BCUT2D eigenvalue weighted by molar-refractivity contribution is 7.92. The molecule has 1 aliphatic carbocycles. The fourth-order valence-corrected chi connectivity index (χ4v) is 4.43. The van der Waals surface area contributed by atoms with Gasteiger partial charge in [-0.1, -0.05) is 12.8 Å². The number of sulfone groups is 1. The van der Waals surface area contributed by atoms with Crippen molar-refractivity contribution in [2.75, 3.05) is 6.54 Å². The third-order valence-corrected chi connectivity index (χ3v) is 6.09. The molecule has 1 aromatic carbocycles. The largest absolute Gasteiger partial charge is 0.481 e. The number of hydrogen-bond acceptors (Lipinski definition) is 4. The van der Waals surface area contributed by atoms with Crippen molar-refractivity contribution in [3.8, 4) is 0 Å². The van der Waals surface area contributed by atoms with E-state index in [1.54, 1.807) is 0 Å². The zero-order chi connectivity index (χ0) is 16.2. The highest BCUT2D eigenvalue weighted by Crippen LogP contribution is 2.29. The van der Waals surface area contributed by atoms with Crippen molar-refractivity contribution in [2.24, 2.45) is 0 Å². The Morgan fingerprint density at radius 3 is 2.27 bits per heavy atom. The van der Waals surface area contributed by atoms with Gasteiger partial charge in [-0.2, -0.15) is 0 Å². The molecule has 1 fully saturated rings. The second-order valence-corrected chi connectivity index (χ2v) is 7.60. The molecule has 0 bridgehead atoms. The predicted octanol–water partition coefficient (Wildman–Crippen LogP) is 1.61. The fraction of sp³-hybridized carbons (Fsp3) is 0.467. The molecule has 0 saturated heterocycles. The van der Waals surface area contributed by atoms with E-state index in [0.717, 1.165) is 12.8 Å². The Bertz CT molecular complexity index is 645. The average molecular weight is 325 g/mol. The molecular weight excluding hydrogens is 306 g/mol. The van der Waals surface area contributed by atoms with Crippen LogP contribution in [-0.2, 0) is 14.6 Å². The van der Waals surface area contributed by atoms with E-state index in [1.807, 2.05) is 0 Å². The van der Waals surface area contributed by atoms with E-state index < -0.39 is 21.7 Å². The molecule has 0 aliphatic heterocycles. The third kappa shape index (κ3) is 3.85. The SMILES string of the molecule is O=C(O)CCNC(=O)c1ccc(S(=O)(=O)C2CCCC2)cc1. The van der Waals surface area contributed by atoms with E-state index in [2.05, 4.69) is 5.32 Å². The molecule has 7 heteroatoms. The maximum atomic E-state index is 12.4. The van der Waals surface area contributed by atoms with Gasteiger partial charge >= 0.3 is 5.97 Å². The molecule has 0 unspecified atom stereocenters. The maximum absolute atomic E-state index is 12.4. The summed E-state index contributed by atoms with van der Waals surface area (Å²) in [7, 11) is -3.32. The quantitative estimate of drug-likeness (QED) is 0.827. The second-order valence-electron chi connectivity index (χ2n) is 5.38. The number of amides is 1. The summed E-state index contributed by atoms with van der Waals surface area (Å²) in [5.74, 6) is -1.40. The zero-order valence-corrected chi connectivity index (χ0v) is 12.9. The Morgan fingerprint density at radius 2 is 1.73 bits per heavy atom. The number of carbonyl (C=O) groups excluding carboxylic acids is 1. The first kappa shape index (κ1) is 16.5. The fourth-order valence-electron chi connectivity index (χ4n) is 2.57. The van der Waals surface area contributed by atoms with Crippen molar-refractivity contribution in [3.63, 3.8) is 0 Å². The minimum Gasteiger partial charge on any atom is -0.481 e. The van der Waals surface area contributed by atoms with Crippen LogP contribution in [0, 0.1) is 0 Å². The van der Waals surface area contributed by atoms with E-state index in [9.17, 15) is 18.0 Å². The van der Waals surface area contributed by atoms with Gasteiger partial charge in [-0.25, -0.2) is 8.42 Å². The number of rotatable bonds is 6. The monoisotopic (exact) mass is 325 g/mol. The number of carboxylic acid groups (broad SMARTS) is 1. The lowest BCUT2D eigenvalue weighted by molar-refractivity contribution is -0.136. The number of carboxylic acids is 1. The number of nitrogens with one attached hydrogen (secondary N) is 1. The Kier molecular flexibility index (Phi) is 5.18. The van der Waals surface area contributed by atoms with Crippen LogP contribution in [0.2, 0.25) is 0 Å². The average Bonchev–Trinajstić information content (AvgIpc) is 3.02. The molecule has 1 saturated carbocycles. The van der Waals surface area contributed by atoms with E-state index in [0.29, 0.717) is 18.4 Å². The molecule has 0 aromatic heterocycles. The molecule has 0 heterocycles. The topological polar surface area (TPSA) is 101 Å². The molecule has 6 nitrogen and oxygen atoms in total. The van der Waals surface area contributed by atoms with Crippen molar-refractivity contribution in [2.45, 2.75) is 42.2 Å². The highest BCUT2D eigenvalue weighted by Gasteiger charge is 2.30. The highest BCUT2D eigenvalue weighted by atomic mass is 32.2. The van der Waals surface area contributed by atoms with Crippen LogP contribution in [0.4, 0.5) is 0 Å². The Labute approximate surface area is 129 Å². The normalized spacial score (nSPS) is 15.6. The smallest absolute Gasteiger partial charge is 0.305 e. The lowest BCUT2D eigenvalue weighted by Gasteiger charge is -2.11. The molecule has 1 aliphatic rings. The van der Waals surface area contributed by atoms with E-state index in [4.69, 9.17) is 5.11 Å². The zero-order valence-electron chi connectivity index (χ0n) is 12.1. The van der Waals surface area contributed by atoms with Crippen molar-refractivity contribution in [1.82, 2.24) is 5.32 Å². The van der Waals surface area contributed by atoms with Gasteiger partial charge in [0.1, 0.15) is 0 Å². The number of carbonyl (C=O) groups is 2. The Morgan fingerprint density at radius 1 is 1.14 bits per heavy atom. The van der Waals surface area contributed by atoms with Gasteiger partial charge in [0.15, 0.2) is 9.84 Å². The minimum atomic E-state index is -3.32. The summed E-state index contributed by atoms with van der Waals surface area (Å²) in [5.41, 5.74) is 0.316. The van der Waals surface area contributed by atoms with Gasteiger partial charge in [-0.05, 0) is 37.1 Å². The molecule has 0 spiro atoms. The molecule has 120 valence electrons. The summed E-state index contributed by atoms with van der Waals surface area (Å²) >= 11 is 0. The van der Waals surface area contributed by atoms with Crippen LogP contribution in [0.25, 0.3) is 0 Å². The maximum Gasteiger partial charge on any atom is 0.305 e. The summed E-state index contributed by atoms with van der Waals surface area (Å²) in [6.07, 6.45) is 3.11. The second kappa shape index (κ2) is 6.91. The number of hydrogen-bond donors (Lipinski definition) is 2. The van der Waals surface area contributed by atoms with Crippen molar-refractivity contribution < 1.29 is 23.1 Å². The third-order valence-electron chi connectivity index (χ3n) is 3.81. The van der Waals surface area contributed by atoms with E-state index >= 15 is 0 Å². The molecule has 2 N–H and O–H groups in total. The summed E-state index contributed by atoms with van der Waals surface area (Å²) < 4.78 is 24.8. The first-order chi connectivity index (χ1) is 10.4. The molecule has 0 radical (unpaired) electrons. The summed E-state index contributed by atoms with van der Waals surface area (Å²) in [6, 6.07) is 5.80. The number of benzene rings is 1. The minimum absolute atomic E-state index is 0.0380. The molecule has 22 heavy (non-hydrogen) atoms. The summed E-state index contributed by atoms with van der Waals surface area (Å²) in [4.78, 5) is 22.4. The molecular formula is C15H19NO5S. The summed E-state index contributed by atoms with van der Waals surface area (Å²) in [5, 5.41) is 10.7. The van der Waals surface area contributed by atoms with Gasteiger partial charge in [-0.15, -0.1) is 0 Å². The number of aliphatic carboxylic acids is 1. The Balaban J connectivity index is 2.03. The first-order valence-corrected chi connectivity index (χ1v) is 8.80. The lowest BCUT2D eigenvalue weighted by Crippen LogP contribution is -2.26. The van der Waals surface area contributed by atoms with Crippen LogP contribution in [0.15, 0.2) is 29.2 Å². The van der Waals surface area contributed by atoms with Gasteiger partial charge in [0.05, 0.1) is 16.6 Å². The summed E-state index contributed by atoms with van der Waals surface area (Å²) in [6.45, 7) is 0.0380. The van der Waals surface area contributed by atoms with Crippen molar-refractivity contribution >= 4 is 21.7 Å². The molecule has 0 atom stereocenters. The van der Waals surface area contributed by atoms with Gasteiger partial charge in [-0.3, -0.25) is 9.59 Å². The standard InChI is InChI=1S/C15H19NO5S/c17-14(18)9-10-16-15(19)11-5-7-13(8-6-11)22(20,21)12-3-1-2-4-12/h5-8,12H,1-4,9-10H2,(H,16,19)(H,17,18). The van der Waals surface area contributed by atoms with E-state index in [-0.39, 0.29) is 23.1 Å². The van der Waals surface area contributed by atoms with Crippen LogP contribution in [0.3, 0.4) is 0 Å². The van der Waals surface area contributed by atoms with Gasteiger partial charge in [0, 0.05) is 12.1 Å². The van der Waals surface area contributed by atoms with Crippen LogP contribution < -0.4 is 5.32 Å². The van der Waals surface area contributed by atoms with Gasteiger partial charge in [0.2, 0.25) is 0 Å². The van der Waals surface area contributed by atoms with Crippen LogP contribution in [0.1, 0.15) is 42.5 Å². The molecule has 1 amide bonds. The first-order valence-electron chi connectivity index (χ1n) is 7.25. The van der Waals surface area contributed by atoms with Crippen LogP contribution >= 0.6 is 0 Å². The van der Waals surface area contributed by atoms with Crippen LogP contribution in [-0.4, -0.2) is 37.2 Å². The molecule has 2 rings (SSSR count). The van der Waals surface area contributed by atoms with Gasteiger partial charge < -0.3 is 10.4 Å². The lowest BCUT2D eigenvalue weighted by atomic mass is 10.2. The van der Waals surface area contributed by atoms with Crippen LogP contribution in [0.5, 0.6) is 0 Å². The van der Waals surface area contributed by atoms with Crippen molar-refractivity contribution in [3.05, 3.63) is 29.8 Å². The van der Waals surface area contributed by atoms with Gasteiger partial charge in [0.25, 0.3) is 5.91 Å². The van der Waals surface area contributed by atoms with Crippen molar-refractivity contribution in [1.29, 1.82) is 0 Å².